The van der Waals surface area contributed by atoms with E-state index in [9.17, 15) is 0 Å². The normalized spacial score (nSPS) is 13.2. The summed E-state index contributed by atoms with van der Waals surface area (Å²) in [4.78, 5) is 12.6. The average Bonchev–Trinajstić information content (AvgIpc) is 1.78. The summed E-state index contributed by atoms with van der Waals surface area (Å²) in [5, 5.41) is 4.78. The zero-order valence-corrected chi connectivity index (χ0v) is 91.1. The fourth-order valence-corrected chi connectivity index (χ4v) is 14.3. The summed E-state index contributed by atoms with van der Waals surface area (Å²) in [5.74, 6) is 6.31. The Morgan fingerprint density at radius 2 is 0.610 bits per heavy atom. The smallest absolute Gasteiger partial charge is 0.231 e. The molecule has 11 nitrogen and oxygen atoms in total. The second kappa shape index (κ2) is 50.5. The second-order valence-corrected chi connectivity index (χ2v) is 48.4. The minimum atomic E-state index is 0.157. The number of benzene rings is 8. The third-order valence-corrected chi connectivity index (χ3v) is 24.2. The molecule has 0 saturated carbocycles. The maximum Gasteiger partial charge on any atom is 0.231 e. The van der Waals surface area contributed by atoms with Crippen LogP contribution in [0.1, 0.15) is 327 Å². The number of rotatable bonds is 0. The molecule has 4 aliphatic rings. The zero-order valence-electron chi connectivity index (χ0n) is 90.3. The van der Waals surface area contributed by atoms with Crippen molar-refractivity contribution in [3.63, 3.8) is 0 Å². The van der Waals surface area contributed by atoms with Crippen LogP contribution in [0.5, 0.6) is 40.2 Å². The number of ether oxygens (including phenoxy) is 7. The Morgan fingerprint density at radius 1 is 0.257 bits per heavy atom. The summed E-state index contributed by atoms with van der Waals surface area (Å²) in [5.41, 5.74) is 18.9. The van der Waals surface area contributed by atoms with E-state index in [-0.39, 0.29) is 43.3 Å². The highest BCUT2D eigenvalue weighted by Gasteiger charge is 2.26. The van der Waals surface area contributed by atoms with E-state index >= 15 is 0 Å². The van der Waals surface area contributed by atoms with Gasteiger partial charge in [0.1, 0.15) is 19.0 Å². The lowest BCUT2D eigenvalue weighted by molar-refractivity contribution is 0.171. The van der Waals surface area contributed by atoms with Crippen molar-refractivity contribution < 1.29 is 37.6 Å². The molecule has 12 heteroatoms. The molecule has 0 atom stereocenters. The number of fused-ring (bicyclic) bond motifs is 5. The lowest BCUT2D eigenvalue weighted by atomic mass is 9.86. The maximum atomic E-state index is 5.66. The first-order chi connectivity index (χ1) is 63.1. The molecule has 0 unspecified atom stereocenters. The molecule has 736 valence electrons. The van der Waals surface area contributed by atoms with Crippen molar-refractivity contribution in [1.82, 2.24) is 15.0 Å². The molecule has 0 fully saturated rings. The number of aromatic nitrogens is 3. The van der Waals surface area contributed by atoms with Gasteiger partial charge < -0.3 is 42.6 Å². The number of thiophene rings is 1. The summed E-state index contributed by atoms with van der Waals surface area (Å²) in [7, 11) is 0. The number of pyridine rings is 2. The van der Waals surface area contributed by atoms with Crippen molar-refractivity contribution in [3.05, 3.63) is 351 Å². The van der Waals surface area contributed by atoms with Crippen molar-refractivity contribution in [1.29, 1.82) is 0 Å². The van der Waals surface area contributed by atoms with E-state index in [4.69, 9.17) is 37.6 Å². The molecule has 136 heavy (non-hydrogen) atoms. The molecular formula is C124H171N3O8S. The van der Waals surface area contributed by atoms with Crippen LogP contribution in [0.25, 0.3) is 10.8 Å². The highest BCUT2D eigenvalue weighted by Crippen LogP contribution is 2.40. The zero-order chi connectivity index (χ0) is 101. The Labute approximate surface area is 827 Å². The minimum Gasteiger partial charge on any atom is -0.493 e. The summed E-state index contributed by atoms with van der Waals surface area (Å²) < 4.78 is 43.2. The SMILES string of the molecule is CC(C)(C)c1cc[nH]c1.CC(C)(C)c1ccc2c(c1)CCO2.CC(C)(C)c1ccc2c(c1)OCCCO2.CC(C)(C)c1ccc2c(c1)OCCO2.CC(C)(C)c1ccc2c(c1)OCO2.CC(C)(C)c1ccc2ccccc2c1.CC(C)(C)c1ccccc1.CC(C)(C)c1ccccc1.CC(C)(C)c1cccnc1.CC(C)(C)c1cccnc1.CC(C)(C)c1cccs1.CC(C)(C)c1ccoc1. The monoisotopic (exact) mass is 1860 g/mol. The van der Waals surface area contributed by atoms with Gasteiger partial charge in [-0.05, 0) is 221 Å². The first-order valence-corrected chi connectivity index (χ1v) is 49.6. The van der Waals surface area contributed by atoms with Gasteiger partial charge in [0.25, 0.3) is 0 Å². The second-order valence-electron chi connectivity index (χ2n) is 47.4. The van der Waals surface area contributed by atoms with Gasteiger partial charge in [-0.15, -0.1) is 11.3 Å². The molecule has 9 heterocycles. The van der Waals surface area contributed by atoms with Crippen molar-refractivity contribution in [2.24, 2.45) is 0 Å². The summed E-state index contributed by atoms with van der Waals surface area (Å²) in [6, 6.07) is 78.0. The van der Waals surface area contributed by atoms with Crippen LogP contribution >= 0.6 is 11.3 Å². The first-order valence-electron chi connectivity index (χ1n) is 48.7. The predicted molar refractivity (Wildman–Crippen MR) is 581 cm³/mol. The van der Waals surface area contributed by atoms with Crippen LogP contribution in [0, 0.1) is 0 Å². The van der Waals surface area contributed by atoms with Gasteiger partial charge in [-0.1, -0.05) is 401 Å². The lowest BCUT2D eigenvalue weighted by Gasteiger charge is -2.23. The minimum absolute atomic E-state index is 0.157. The summed E-state index contributed by atoms with van der Waals surface area (Å²) >= 11 is 1.83. The van der Waals surface area contributed by atoms with Gasteiger partial charge in [0.05, 0.1) is 32.3 Å². The fraction of sp³-hybridized carbons (Fsp3) is 0.452. The number of hydrogen-bond donors (Lipinski definition) is 1. The molecule has 0 saturated heterocycles. The van der Waals surface area contributed by atoms with Crippen molar-refractivity contribution in [2.45, 2.75) is 327 Å². The molecule has 0 bridgehead atoms. The summed E-state index contributed by atoms with van der Waals surface area (Å²) in [6.07, 6.45) is 17.0. The van der Waals surface area contributed by atoms with Crippen LogP contribution < -0.4 is 33.2 Å². The Hall–Kier alpha value is -10.8. The van der Waals surface area contributed by atoms with Gasteiger partial charge >= 0.3 is 0 Å². The Balaban J connectivity index is 0.000000229. The van der Waals surface area contributed by atoms with E-state index in [1.807, 2.05) is 72.5 Å². The molecule has 17 rings (SSSR count). The van der Waals surface area contributed by atoms with Crippen molar-refractivity contribution >= 4 is 22.1 Å². The van der Waals surface area contributed by atoms with Crippen LogP contribution in [-0.2, 0) is 71.4 Å². The number of aromatic amines is 1. The topological polar surface area (TPSA) is 119 Å². The number of furan rings is 1. The van der Waals surface area contributed by atoms with Gasteiger partial charge in [-0.25, -0.2) is 0 Å². The highest BCUT2D eigenvalue weighted by atomic mass is 32.1. The lowest BCUT2D eigenvalue weighted by Crippen LogP contribution is -2.17. The van der Waals surface area contributed by atoms with E-state index < -0.39 is 0 Å². The van der Waals surface area contributed by atoms with Crippen molar-refractivity contribution in [3.8, 4) is 40.2 Å². The average molecular weight is 1860 g/mol. The quantitative estimate of drug-likeness (QED) is 0.157. The number of nitrogens with one attached hydrogen (secondary N) is 1. The largest absolute Gasteiger partial charge is 0.493 e. The molecule has 8 aromatic carbocycles. The van der Waals surface area contributed by atoms with Crippen LogP contribution in [0.2, 0.25) is 0 Å². The fourth-order valence-electron chi connectivity index (χ4n) is 13.5. The third kappa shape index (κ3) is 40.5. The van der Waals surface area contributed by atoms with Gasteiger partial charge in [0, 0.05) is 54.9 Å². The van der Waals surface area contributed by atoms with E-state index in [0.29, 0.717) is 41.7 Å². The Kier molecular flexibility index (Phi) is 42.3. The van der Waals surface area contributed by atoms with Crippen LogP contribution in [0.4, 0.5) is 0 Å². The van der Waals surface area contributed by atoms with Crippen LogP contribution in [-0.4, -0.2) is 54.8 Å². The van der Waals surface area contributed by atoms with E-state index in [1.165, 1.54) is 82.4 Å². The molecule has 4 aliphatic heterocycles. The Morgan fingerprint density at radius 3 is 0.956 bits per heavy atom. The number of nitrogens with zero attached hydrogens (tertiary/aromatic N) is 2. The van der Waals surface area contributed by atoms with Crippen LogP contribution in [0.15, 0.2) is 284 Å². The molecule has 0 amide bonds. The molecule has 0 aliphatic carbocycles. The molecule has 13 aromatic rings. The van der Waals surface area contributed by atoms with E-state index in [1.54, 1.807) is 24.9 Å². The summed E-state index contributed by atoms with van der Waals surface area (Å²) in [6.45, 7) is 83.5. The van der Waals surface area contributed by atoms with Gasteiger partial charge in [-0.3, -0.25) is 9.97 Å². The predicted octanol–water partition coefficient (Wildman–Crippen LogP) is 34.3. The van der Waals surface area contributed by atoms with Crippen LogP contribution in [0.3, 0.4) is 0 Å². The Bertz CT molecular complexity index is 5170. The molecule has 5 aromatic heterocycles. The van der Waals surface area contributed by atoms with Crippen molar-refractivity contribution in [2.75, 3.05) is 39.8 Å². The number of H-pyrrole nitrogens is 1. The van der Waals surface area contributed by atoms with Gasteiger partial charge in [0.2, 0.25) is 6.79 Å². The maximum absolute atomic E-state index is 5.66. The number of hydrogen-bond acceptors (Lipinski definition) is 11. The standard InChI is InChI=1S/C14H16.C13H18O2.C12H16O2.C12H16O.C11H14O2.2C10H14.2C9H13N.C8H13N.C8H12O.C8H12S/c1-14(2,3)13-9-8-11-6-4-5-7-12(11)10-13;1-13(2,3)10-5-6-11-12(9-10)15-8-4-7-14-11;1-12(2,3)9-4-5-10-11(8-9)14-7-6-13-10;1-12(2,3)10-4-5-11-9(8-10)6-7-13-11;1-11(2,3)8-4-5-9-10(6-8)13-7-12-9;2*1-10(2,3)9-7-5-4-6-8-9;2*1-9(2,3)8-5-4-6-10-7-8;2*1-8(2,3)7-4-5-9-6-7;1-8(2,3)7-5-4-6-9-7/h4-10H,1-3H3;5-6,9H,4,7-8H2,1-3H3;4-5,8H,6-7H2,1-3H3;4-5,8H,6-7H2,1-3H3;4-6H,7H2,1-3H3;2*4-8H,1-3H3;2*4-7H,1-3H3;4-6,9H,1-3H3;2*4-6H,1-3H3. The third-order valence-electron chi connectivity index (χ3n) is 22.9. The first kappa shape index (κ1) is 114. The molecule has 1 N–H and O–H groups in total. The molecular weight excluding hydrogens is 1690 g/mol. The molecule has 0 radical (unpaired) electrons. The van der Waals surface area contributed by atoms with E-state index in [0.717, 1.165) is 72.9 Å². The van der Waals surface area contributed by atoms with Gasteiger partial charge in [-0.2, -0.15) is 0 Å². The molecule has 0 spiro atoms. The van der Waals surface area contributed by atoms with E-state index in [2.05, 4.69) is 458 Å². The highest BCUT2D eigenvalue weighted by molar-refractivity contribution is 7.10. The van der Waals surface area contributed by atoms with Gasteiger partial charge in [0.15, 0.2) is 34.5 Å².